The molecule has 0 spiro atoms. The highest BCUT2D eigenvalue weighted by atomic mass is 127. The van der Waals surface area contributed by atoms with Gasteiger partial charge >= 0.3 is 12.1 Å². The van der Waals surface area contributed by atoms with Gasteiger partial charge in [0.2, 0.25) is 0 Å². The van der Waals surface area contributed by atoms with Crippen LogP contribution in [0.1, 0.15) is 46.8 Å². The van der Waals surface area contributed by atoms with Crippen molar-refractivity contribution in [1.82, 2.24) is 24.5 Å². The van der Waals surface area contributed by atoms with E-state index in [1.165, 1.54) is 13.1 Å². The number of carbonyl (C=O) groups excluding carboxylic acids is 1. The van der Waals surface area contributed by atoms with E-state index >= 15 is 0 Å². The Kier molecular flexibility index (Phi) is 8.34. The molecule has 0 bridgehead atoms. The fraction of sp³-hybridized carbons (Fsp3) is 0.455. The summed E-state index contributed by atoms with van der Waals surface area (Å²) in [5.41, 5.74) is -1.59. The van der Waals surface area contributed by atoms with Crippen molar-refractivity contribution in [3.8, 4) is 5.69 Å². The fourth-order valence-electron chi connectivity index (χ4n) is 4.20. The number of alkyl halides is 3. The van der Waals surface area contributed by atoms with Gasteiger partial charge in [-0.2, -0.15) is 23.4 Å². The Bertz CT molecular complexity index is 1340. The first-order chi connectivity index (χ1) is 17.9. The molecule has 1 fully saturated rings. The molecule has 3 aromatic rings. The van der Waals surface area contributed by atoms with Crippen molar-refractivity contribution in [2.24, 2.45) is 0 Å². The van der Waals surface area contributed by atoms with E-state index in [4.69, 9.17) is 21.1 Å². The normalized spacial score (nSPS) is 24.0. The minimum absolute atomic E-state index is 0.00337. The van der Waals surface area contributed by atoms with Gasteiger partial charge in [-0.1, -0.05) is 11.6 Å². The number of aliphatic hydroxyl groups excluding tert-OH is 3. The zero-order valence-corrected chi connectivity index (χ0v) is 22.7. The molecular weight excluding hydrogens is 650 g/mol. The first-order valence-electron chi connectivity index (χ1n) is 11.2. The number of esters is 1. The Labute approximate surface area is 232 Å². The van der Waals surface area contributed by atoms with E-state index in [1.54, 1.807) is 6.92 Å². The van der Waals surface area contributed by atoms with Crippen LogP contribution < -0.4 is 0 Å². The quantitative estimate of drug-likeness (QED) is 0.266. The third-order valence-corrected chi connectivity index (χ3v) is 6.86. The lowest BCUT2D eigenvalue weighted by Crippen LogP contribution is -2.53. The molecule has 38 heavy (non-hydrogen) atoms. The van der Waals surface area contributed by atoms with E-state index < -0.39 is 60.5 Å². The third kappa shape index (κ3) is 5.40. The lowest BCUT2D eigenvalue weighted by atomic mass is 9.92. The van der Waals surface area contributed by atoms with Crippen LogP contribution in [-0.4, -0.2) is 77.4 Å². The van der Waals surface area contributed by atoms with Crippen molar-refractivity contribution < 1.29 is 42.8 Å². The Hall–Kier alpha value is -2.31. The highest BCUT2D eigenvalue weighted by Gasteiger charge is 2.49. The summed E-state index contributed by atoms with van der Waals surface area (Å²) in [7, 11) is 0. The molecule has 16 heteroatoms. The predicted molar refractivity (Wildman–Crippen MR) is 133 cm³/mol. The van der Waals surface area contributed by atoms with Crippen molar-refractivity contribution in [3.63, 3.8) is 0 Å². The summed E-state index contributed by atoms with van der Waals surface area (Å²) in [6.45, 7) is 2.44. The molecule has 3 heterocycles. The number of rotatable bonds is 6. The first-order valence-corrected chi connectivity index (χ1v) is 12.7. The number of aryl methyl sites for hydroxylation is 1. The number of ether oxygens (including phenoxy) is 2. The van der Waals surface area contributed by atoms with Gasteiger partial charge in [-0.25, -0.2) is 14.5 Å². The molecule has 1 aliphatic heterocycles. The molecule has 0 amide bonds. The Balaban J connectivity index is 1.82. The van der Waals surface area contributed by atoms with Crippen molar-refractivity contribution in [3.05, 3.63) is 55.9 Å². The molecule has 0 aliphatic carbocycles. The third-order valence-electron chi connectivity index (χ3n) is 5.84. The van der Waals surface area contributed by atoms with Crippen LogP contribution in [-0.2, 0) is 15.7 Å². The highest BCUT2D eigenvalue weighted by Crippen LogP contribution is 2.41. The molecule has 11 nitrogen and oxygen atoms in total. The van der Waals surface area contributed by atoms with Crippen LogP contribution in [0.4, 0.5) is 13.2 Å². The Morgan fingerprint density at radius 3 is 2.61 bits per heavy atom. The number of benzene rings is 1. The second-order valence-corrected chi connectivity index (χ2v) is 9.96. The highest BCUT2D eigenvalue weighted by molar-refractivity contribution is 14.1. The smallest absolute Gasteiger partial charge is 0.418 e. The standard InChI is InChI=1S/C22H22ClF3IN5O6/c1-3-37-21(36)15-12(27)7-31(30-15)16-17(34)14(8-33)38-19(18(16)35)20-28-9(2)29-32(20)13-6-10(23)4-5-11(13)22(24,25)26/h4-7,14,16-19,33-35H,3,8H2,1-2H3/t14?,16-,17-,18?,19+/m0/s1. The summed E-state index contributed by atoms with van der Waals surface area (Å²) < 4.78 is 54.6. The molecule has 5 atom stereocenters. The maximum absolute atomic E-state index is 13.8. The number of carbonyl (C=O) groups is 1. The van der Waals surface area contributed by atoms with Gasteiger partial charge < -0.3 is 24.8 Å². The van der Waals surface area contributed by atoms with Gasteiger partial charge in [0.05, 0.1) is 28.0 Å². The van der Waals surface area contributed by atoms with Gasteiger partial charge in [-0.15, -0.1) is 0 Å². The van der Waals surface area contributed by atoms with E-state index in [2.05, 4.69) is 15.2 Å². The average molecular weight is 672 g/mol. The summed E-state index contributed by atoms with van der Waals surface area (Å²) >= 11 is 7.83. The molecule has 4 rings (SSSR count). The van der Waals surface area contributed by atoms with E-state index in [9.17, 15) is 33.3 Å². The predicted octanol–water partition coefficient (Wildman–Crippen LogP) is 2.62. The molecule has 3 N–H and O–H groups in total. The van der Waals surface area contributed by atoms with Gasteiger partial charge in [0.25, 0.3) is 0 Å². The lowest BCUT2D eigenvalue weighted by molar-refractivity contribution is -0.210. The maximum atomic E-state index is 13.8. The van der Waals surface area contributed by atoms with Crippen molar-refractivity contribution >= 4 is 40.2 Å². The number of hydrogen-bond donors (Lipinski definition) is 3. The second-order valence-electron chi connectivity index (χ2n) is 8.36. The monoisotopic (exact) mass is 671 g/mol. The summed E-state index contributed by atoms with van der Waals surface area (Å²) in [6.07, 6.45) is -9.34. The Morgan fingerprint density at radius 2 is 1.97 bits per heavy atom. The topological polar surface area (TPSA) is 145 Å². The lowest BCUT2D eigenvalue weighted by Gasteiger charge is -2.41. The number of hydrogen-bond acceptors (Lipinski definition) is 9. The largest absolute Gasteiger partial charge is 0.461 e. The van der Waals surface area contributed by atoms with Gasteiger partial charge in [0.1, 0.15) is 36.3 Å². The van der Waals surface area contributed by atoms with Crippen LogP contribution in [0.25, 0.3) is 5.69 Å². The molecule has 2 aromatic heterocycles. The van der Waals surface area contributed by atoms with Crippen LogP contribution in [0.15, 0.2) is 24.4 Å². The van der Waals surface area contributed by atoms with Crippen molar-refractivity contribution in [2.75, 3.05) is 13.2 Å². The minimum Gasteiger partial charge on any atom is -0.461 e. The van der Waals surface area contributed by atoms with Crippen LogP contribution >= 0.6 is 34.2 Å². The molecule has 1 saturated heterocycles. The fourth-order valence-corrected chi connectivity index (χ4v) is 4.98. The van der Waals surface area contributed by atoms with Crippen LogP contribution in [0.2, 0.25) is 5.02 Å². The average Bonchev–Trinajstić information content (AvgIpc) is 3.41. The van der Waals surface area contributed by atoms with Gasteiger partial charge in [0.15, 0.2) is 11.5 Å². The molecule has 0 radical (unpaired) electrons. The van der Waals surface area contributed by atoms with Crippen molar-refractivity contribution in [2.45, 2.75) is 50.5 Å². The molecule has 1 aliphatic rings. The number of nitrogens with zero attached hydrogens (tertiary/aromatic N) is 5. The van der Waals surface area contributed by atoms with E-state index in [1.807, 2.05) is 22.6 Å². The number of halogens is 5. The van der Waals surface area contributed by atoms with Crippen LogP contribution in [0.5, 0.6) is 0 Å². The summed E-state index contributed by atoms with van der Waals surface area (Å²) in [4.78, 5) is 16.5. The van der Waals surface area contributed by atoms with Crippen molar-refractivity contribution in [1.29, 1.82) is 0 Å². The zero-order chi connectivity index (χ0) is 27.9. The van der Waals surface area contributed by atoms with E-state index in [0.29, 0.717) is 3.57 Å². The van der Waals surface area contributed by atoms with Gasteiger partial charge in [0, 0.05) is 11.2 Å². The summed E-state index contributed by atoms with van der Waals surface area (Å²) in [6, 6.07) is 1.63. The second kappa shape index (κ2) is 11.1. The molecule has 206 valence electrons. The van der Waals surface area contributed by atoms with E-state index in [-0.39, 0.29) is 29.0 Å². The number of aromatic nitrogens is 5. The zero-order valence-electron chi connectivity index (χ0n) is 19.8. The molecular formula is C22H22ClF3IN5O6. The van der Waals surface area contributed by atoms with Gasteiger partial charge in [-0.05, 0) is 54.6 Å². The van der Waals surface area contributed by atoms with Crippen LogP contribution in [0.3, 0.4) is 0 Å². The maximum Gasteiger partial charge on any atom is 0.418 e. The Morgan fingerprint density at radius 1 is 1.26 bits per heavy atom. The van der Waals surface area contributed by atoms with Gasteiger partial charge in [-0.3, -0.25) is 4.68 Å². The molecule has 0 saturated carbocycles. The number of aliphatic hydroxyl groups is 3. The SMILES string of the molecule is CCOC(=O)c1nn([C@@H]2C(O)[C@H](c3nc(C)nn3-c3cc(Cl)ccc3C(F)(F)F)OC(CO)[C@@H]2O)cc1I. The summed E-state index contributed by atoms with van der Waals surface area (Å²) in [5.74, 6) is -0.895. The minimum atomic E-state index is -4.77. The molecule has 1 aromatic carbocycles. The van der Waals surface area contributed by atoms with Crippen LogP contribution in [0, 0.1) is 10.5 Å². The molecule has 2 unspecified atom stereocenters. The first kappa shape index (κ1) is 28.7. The van der Waals surface area contributed by atoms with E-state index in [0.717, 1.165) is 27.6 Å². The summed E-state index contributed by atoms with van der Waals surface area (Å²) in [5, 5.41) is 40.4.